The predicted octanol–water partition coefficient (Wildman–Crippen LogP) is 2.88. The van der Waals surface area contributed by atoms with Gasteiger partial charge in [-0.05, 0) is 48.9 Å². The molecule has 0 amide bonds. The van der Waals surface area contributed by atoms with Gasteiger partial charge in [0.05, 0.1) is 18.0 Å². The molecule has 0 aliphatic heterocycles. The summed E-state index contributed by atoms with van der Waals surface area (Å²) >= 11 is 5.89. The second kappa shape index (κ2) is 10.2. The lowest BCUT2D eigenvalue weighted by molar-refractivity contribution is 0.321. The van der Waals surface area contributed by atoms with Crippen LogP contribution >= 0.6 is 11.6 Å². The van der Waals surface area contributed by atoms with Crippen molar-refractivity contribution < 1.29 is 13.2 Å². The third-order valence-corrected chi connectivity index (χ3v) is 4.97. The third kappa shape index (κ3) is 7.48. The van der Waals surface area contributed by atoms with Crippen LogP contribution in [0.4, 0.5) is 0 Å². The smallest absolute Gasteiger partial charge is 0.191 e. The molecule has 0 spiro atoms. The second-order valence-electron chi connectivity index (χ2n) is 5.84. The summed E-state index contributed by atoms with van der Waals surface area (Å²) in [7, 11) is -3.19. The first-order valence-electron chi connectivity index (χ1n) is 8.58. The molecule has 0 saturated carbocycles. The molecule has 2 N–H and O–H groups in total. The standard InChI is InChI=1S/C19H24ClN3O3S/c1-3-21-19(23-14-15-4-6-16(20)7-5-15)22-12-13-26-17-8-10-18(11-9-17)27(2,24)25/h4-11H,3,12-14H2,1-2H3,(H2,21,22,23). The lowest BCUT2D eigenvalue weighted by atomic mass is 10.2. The fourth-order valence-electron chi connectivity index (χ4n) is 2.22. The number of hydrogen-bond donors (Lipinski definition) is 2. The van der Waals surface area contributed by atoms with Gasteiger partial charge in [0.1, 0.15) is 12.4 Å². The van der Waals surface area contributed by atoms with E-state index >= 15 is 0 Å². The van der Waals surface area contributed by atoms with Crippen LogP contribution in [-0.4, -0.2) is 40.3 Å². The zero-order chi connectivity index (χ0) is 19.7. The molecule has 0 bridgehead atoms. The number of sulfone groups is 1. The van der Waals surface area contributed by atoms with E-state index in [-0.39, 0.29) is 4.90 Å². The fraction of sp³-hybridized carbons (Fsp3) is 0.316. The van der Waals surface area contributed by atoms with Crippen molar-refractivity contribution in [2.24, 2.45) is 4.99 Å². The molecule has 146 valence electrons. The number of guanidine groups is 1. The Kier molecular flexibility index (Phi) is 7.94. The molecule has 27 heavy (non-hydrogen) atoms. The zero-order valence-electron chi connectivity index (χ0n) is 15.4. The highest BCUT2D eigenvalue weighted by Gasteiger charge is 2.06. The first-order valence-corrected chi connectivity index (χ1v) is 10.8. The molecule has 0 fully saturated rings. The third-order valence-electron chi connectivity index (χ3n) is 3.59. The summed E-state index contributed by atoms with van der Waals surface area (Å²) in [6.07, 6.45) is 1.18. The van der Waals surface area contributed by atoms with Crippen LogP contribution in [0.15, 0.2) is 58.4 Å². The highest BCUT2D eigenvalue weighted by atomic mass is 35.5. The highest BCUT2D eigenvalue weighted by molar-refractivity contribution is 7.90. The topological polar surface area (TPSA) is 79.8 Å². The zero-order valence-corrected chi connectivity index (χ0v) is 17.0. The minimum atomic E-state index is -3.19. The molecule has 0 atom stereocenters. The number of nitrogens with one attached hydrogen (secondary N) is 2. The van der Waals surface area contributed by atoms with E-state index in [2.05, 4.69) is 15.6 Å². The van der Waals surface area contributed by atoms with Gasteiger partial charge in [0.15, 0.2) is 15.8 Å². The molecule has 2 rings (SSSR count). The molecule has 2 aromatic rings. The maximum Gasteiger partial charge on any atom is 0.191 e. The van der Waals surface area contributed by atoms with Crippen LogP contribution in [0, 0.1) is 0 Å². The van der Waals surface area contributed by atoms with E-state index in [1.54, 1.807) is 12.1 Å². The summed E-state index contributed by atoms with van der Waals surface area (Å²) in [6.45, 7) is 4.27. The van der Waals surface area contributed by atoms with Gasteiger partial charge >= 0.3 is 0 Å². The molecule has 0 aromatic heterocycles. The normalized spacial score (nSPS) is 11.9. The summed E-state index contributed by atoms with van der Waals surface area (Å²) in [5.74, 6) is 1.32. The molecule has 8 heteroatoms. The molecule has 0 heterocycles. The van der Waals surface area contributed by atoms with E-state index < -0.39 is 9.84 Å². The van der Waals surface area contributed by atoms with Gasteiger partial charge in [-0.3, -0.25) is 0 Å². The molecule has 0 unspecified atom stereocenters. The molecule has 0 aliphatic carbocycles. The number of halogens is 1. The van der Waals surface area contributed by atoms with E-state index in [0.717, 1.165) is 12.1 Å². The Balaban J connectivity index is 1.81. The number of hydrogen-bond acceptors (Lipinski definition) is 4. The fourth-order valence-corrected chi connectivity index (χ4v) is 2.98. The minimum absolute atomic E-state index is 0.275. The quantitative estimate of drug-likeness (QED) is 0.398. The largest absolute Gasteiger partial charge is 0.492 e. The van der Waals surface area contributed by atoms with Crippen LogP contribution < -0.4 is 15.4 Å². The average molecular weight is 410 g/mol. The summed E-state index contributed by atoms with van der Waals surface area (Å²) in [4.78, 5) is 4.80. The number of aliphatic imine (C=N–C) groups is 1. The first-order chi connectivity index (χ1) is 12.9. The average Bonchev–Trinajstić information content (AvgIpc) is 2.64. The molecule has 0 aliphatic rings. The van der Waals surface area contributed by atoms with Crippen LogP contribution in [0.2, 0.25) is 5.02 Å². The molecule has 6 nitrogen and oxygen atoms in total. The van der Waals surface area contributed by atoms with Gasteiger partial charge in [0, 0.05) is 17.8 Å². The molecular formula is C19H24ClN3O3S. The summed E-state index contributed by atoms with van der Waals surface area (Å²) < 4.78 is 28.5. The summed E-state index contributed by atoms with van der Waals surface area (Å²) in [5.41, 5.74) is 1.07. The van der Waals surface area contributed by atoms with Gasteiger partial charge in [-0.2, -0.15) is 0 Å². The van der Waals surface area contributed by atoms with Gasteiger partial charge in [0.2, 0.25) is 0 Å². The Morgan fingerprint density at radius 2 is 1.74 bits per heavy atom. The van der Waals surface area contributed by atoms with E-state index in [4.69, 9.17) is 16.3 Å². The van der Waals surface area contributed by atoms with Crippen molar-refractivity contribution in [2.45, 2.75) is 18.4 Å². The van der Waals surface area contributed by atoms with Crippen LogP contribution in [0.5, 0.6) is 5.75 Å². The molecule has 0 radical (unpaired) electrons. The van der Waals surface area contributed by atoms with Gasteiger partial charge in [-0.15, -0.1) is 0 Å². The second-order valence-corrected chi connectivity index (χ2v) is 8.29. The van der Waals surface area contributed by atoms with E-state index in [0.29, 0.717) is 36.4 Å². The van der Waals surface area contributed by atoms with Crippen LogP contribution in [0.1, 0.15) is 12.5 Å². The lowest BCUT2D eigenvalue weighted by Gasteiger charge is -2.12. The van der Waals surface area contributed by atoms with E-state index in [1.807, 2.05) is 31.2 Å². The Morgan fingerprint density at radius 1 is 1.07 bits per heavy atom. The van der Waals surface area contributed by atoms with Crippen molar-refractivity contribution in [3.8, 4) is 5.75 Å². The molecule has 0 saturated heterocycles. The maximum absolute atomic E-state index is 11.4. The summed E-state index contributed by atoms with van der Waals surface area (Å²) in [5, 5.41) is 7.08. The molecular weight excluding hydrogens is 386 g/mol. The minimum Gasteiger partial charge on any atom is -0.492 e. The molecule has 2 aromatic carbocycles. The van der Waals surface area contributed by atoms with E-state index in [9.17, 15) is 8.42 Å². The monoisotopic (exact) mass is 409 g/mol. The van der Waals surface area contributed by atoms with Gasteiger partial charge in [-0.25, -0.2) is 13.4 Å². The SMILES string of the molecule is CCNC(=NCc1ccc(Cl)cc1)NCCOc1ccc(S(C)(=O)=O)cc1. The van der Waals surface area contributed by atoms with Gasteiger partial charge in [-0.1, -0.05) is 23.7 Å². The van der Waals surface area contributed by atoms with Crippen LogP contribution in [0.25, 0.3) is 0 Å². The van der Waals surface area contributed by atoms with Crippen molar-refractivity contribution in [2.75, 3.05) is 26.0 Å². The van der Waals surface area contributed by atoms with Crippen molar-refractivity contribution in [3.63, 3.8) is 0 Å². The predicted molar refractivity (Wildman–Crippen MR) is 109 cm³/mol. The lowest BCUT2D eigenvalue weighted by Crippen LogP contribution is -2.39. The Labute approximate surface area is 165 Å². The van der Waals surface area contributed by atoms with Crippen molar-refractivity contribution in [1.29, 1.82) is 0 Å². The summed E-state index contributed by atoms with van der Waals surface area (Å²) in [6, 6.07) is 13.9. The Morgan fingerprint density at radius 3 is 2.33 bits per heavy atom. The number of rotatable bonds is 8. The van der Waals surface area contributed by atoms with E-state index in [1.165, 1.54) is 18.4 Å². The van der Waals surface area contributed by atoms with Crippen LogP contribution in [0.3, 0.4) is 0 Å². The van der Waals surface area contributed by atoms with Crippen LogP contribution in [-0.2, 0) is 16.4 Å². The Bertz CT molecular complexity index is 851. The number of ether oxygens (including phenoxy) is 1. The number of benzene rings is 2. The van der Waals surface area contributed by atoms with Crippen molar-refractivity contribution in [1.82, 2.24) is 10.6 Å². The van der Waals surface area contributed by atoms with Gasteiger partial charge in [0.25, 0.3) is 0 Å². The first kappa shape index (κ1) is 21.1. The van der Waals surface area contributed by atoms with Crippen molar-refractivity contribution >= 4 is 27.4 Å². The Hall–Kier alpha value is -2.25. The van der Waals surface area contributed by atoms with Crippen molar-refractivity contribution in [3.05, 3.63) is 59.1 Å². The number of nitrogens with zero attached hydrogens (tertiary/aromatic N) is 1. The maximum atomic E-state index is 11.4. The highest BCUT2D eigenvalue weighted by Crippen LogP contribution is 2.15. The van der Waals surface area contributed by atoms with Gasteiger partial charge < -0.3 is 15.4 Å².